The van der Waals surface area contributed by atoms with Crippen LogP contribution in [0, 0.1) is 0 Å². The first-order valence-electron chi connectivity index (χ1n) is 8.98. The molecule has 4 nitrogen and oxygen atoms in total. The Labute approximate surface area is 159 Å². The van der Waals surface area contributed by atoms with E-state index in [4.69, 9.17) is 0 Å². The van der Waals surface area contributed by atoms with E-state index in [0.29, 0.717) is 6.54 Å². The van der Waals surface area contributed by atoms with Gasteiger partial charge in [0.15, 0.2) is 0 Å². The summed E-state index contributed by atoms with van der Waals surface area (Å²) in [5, 5.41) is 2.10. The minimum absolute atomic E-state index is 0.000767. The molecule has 1 aromatic heterocycles. The average Bonchev–Trinajstić information content (AvgIpc) is 3.06. The molecular weight excluding hydrogens is 344 g/mol. The molecule has 1 atom stereocenters. The first-order chi connectivity index (χ1) is 12.3. The van der Waals surface area contributed by atoms with E-state index in [9.17, 15) is 9.59 Å². The van der Waals surface area contributed by atoms with Crippen LogP contribution >= 0.6 is 11.3 Å². The molecule has 0 saturated heterocycles. The summed E-state index contributed by atoms with van der Waals surface area (Å²) in [6.07, 6.45) is 0.873. The van der Waals surface area contributed by atoms with E-state index in [1.807, 2.05) is 43.9 Å². The third-order valence-corrected chi connectivity index (χ3v) is 5.88. The second kappa shape index (κ2) is 7.23. The van der Waals surface area contributed by atoms with Crippen molar-refractivity contribution in [1.29, 1.82) is 0 Å². The van der Waals surface area contributed by atoms with Crippen molar-refractivity contribution in [1.82, 2.24) is 9.80 Å². The predicted octanol–water partition coefficient (Wildman–Crippen LogP) is 3.87. The molecule has 0 saturated carbocycles. The number of benzene rings is 1. The SMILES string of the molecule is CC(=O)N(CC(=O)N1CCc2sccc2[C@H]1c1ccccc1)C(C)(C)C. The lowest BCUT2D eigenvalue weighted by Gasteiger charge is -2.40. The molecule has 0 fully saturated rings. The van der Waals surface area contributed by atoms with Crippen molar-refractivity contribution in [2.24, 2.45) is 0 Å². The van der Waals surface area contributed by atoms with Gasteiger partial charge in [0.05, 0.1) is 6.04 Å². The molecule has 0 radical (unpaired) electrons. The zero-order chi connectivity index (χ0) is 18.9. The number of thiophene rings is 1. The number of fused-ring (bicyclic) bond motifs is 1. The molecular formula is C21H26N2O2S. The average molecular weight is 371 g/mol. The van der Waals surface area contributed by atoms with Crippen molar-refractivity contribution in [3.8, 4) is 0 Å². The van der Waals surface area contributed by atoms with E-state index in [1.165, 1.54) is 17.4 Å². The van der Waals surface area contributed by atoms with Crippen LogP contribution in [0.2, 0.25) is 0 Å². The fourth-order valence-corrected chi connectivity index (χ4v) is 4.53. The molecule has 26 heavy (non-hydrogen) atoms. The fraction of sp³-hybridized carbons (Fsp3) is 0.429. The van der Waals surface area contributed by atoms with Gasteiger partial charge in [0, 0.05) is 23.9 Å². The van der Waals surface area contributed by atoms with Crippen LogP contribution in [0.5, 0.6) is 0 Å². The second-order valence-electron chi connectivity index (χ2n) is 7.73. The summed E-state index contributed by atoms with van der Waals surface area (Å²) in [6, 6.07) is 12.2. The van der Waals surface area contributed by atoms with Gasteiger partial charge in [0.1, 0.15) is 6.54 Å². The van der Waals surface area contributed by atoms with Crippen LogP contribution in [0.4, 0.5) is 0 Å². The molecule has 0 unspecified atom stereocenters. The van der Waals surface area contributed by atoms with Crippen molar-refractivity contribution in [2.45, 2.75) is 45.7 Å². The monoisotopic (exact) mass is 370 g/mol. The van der Waals surface area contributed by atoms with Crippen molar-refractivity contribution >= 4 is 23.2 Å². The molecule has 2 aromatic rings. The van der Waals surface area contributed by atoms with Gasteiger partial charge in [-0.05, 0) is 49.8 Å². The van der Waals surface area contributed by atoms with Crippen molar-refractivity contribution in [3.05, 3.63) is 57.8 Å². The van der Waals surface area contributed by atoms with Gasteiger partial charge in [0.25, 0.3) is 0 Å². The van der Waals surface area contributed by atoms with Crippen LogP contribution in [-0.4, -0.2) is 40.2 Å². The molecule has 5 heteroatoms. The van der Waals surface area contributed by atoms with Gasteiger partial charge < -0.3 is 9.80 Å². The van der Waals surface area contributed by atoms with Crippen LogP contribution in [0.15, 0.2) is 41.8 Å². The second-order valence-corrected chi connectivity index (χ2v) is 8.73. The lowest BCUT2D eigenvalue weighted by molar-refractivity contribution is -0.144. The summed E-state index contributed by atoms with van der Waals surface area (Å²) in [5.74, 6) is -0.0730. The highest BCUT2D eigenvalue weighted by Crippen LogP contribution is 2.37. The molecule has 1 aromatic carbocycles. The normalized spacial score (nSPS) is 16.9. The number of hydrogen-bond donors (Lipinski definition) is 0. The summed E-state index contributed by atoms with van der Waals surface area (Å²) in [7, 11) is 0. The summed E-state index contributed by atoms with van der Waals surface area (Å²) >= 11 is 1.76. The Kier molecular flexibility index (Phi) is 5.19. The predicted molar refractivity (Wildman–Crippen MR) is 105 cm³/mol. The molecule has 0 N–H and O–H groups in total. The number of carbonyl (C=O) groups is 2. The smallest absolute Gasteiger partial charge is 0.243 e. The summed E-state index contributed by atoms with van der Waals surface area (Å²) < 4.78 is 0. The number of hydrogen-bond acceptors (Lipinski definition) is 3. The van der Waals surface area contributed by atoms with Gasteiger partial charge in [-0.25, -0.2) is 0 Å². The molecule has 3 rings (SSSR count). The van der Waals surface area contributed by atoms with Crippen LogP contribution in [0.1, 0.15) is 49.7 Å². The lowest BCUT2D eigenvalue weighted by Crippen LogP contribution is -2.52. The van der Waals surface area contributed by atoms with E-state index in [2.05, 4.69) is 23.6 Å². The van der Waals surface area contributed by atoms with Gasteiger partial charge in [-0.15, -0.1) is 11.3 Å². The molecule has 0 aliphatic carbocycles. The minimum atomic E-state index is -0.382. The maximum Gasteiger partial charge on any atom is 0.243 e. The Bertz CT molecular complexity index is 792. The molecule has 2 heterocycles. The highest BCUT2D eigenvalue weighted by Gasteiger charge is 2.35. The highest BCUT2D eigenvalue weighted by molar-refractivity contribution is 7.10. The number of rotatable bonds is 3. The van der Waals surface area contributed by atoms with E-state index in [0.717, 1.165) is 12.0 Å². The Balaban J connectivity index is 1.93. The van der Waals surface area contributed by atoms with E-state index in [1.54, 1.807) is 16.2 Å². The quantitative estimate of drug-likeness (QED) is 0.823. The van der Waals surface area contributed by atoms with Gasteiger partial charge in [-0.2, -0.15) is 0 Å². The Morgan fingerprint density at radius 2 is 1.88 bits per heavy atom. The fourth-order valence-electron chi connectivity index (χ4n) is 3.63. The molecule has 1 aliphatic rings. The zero-order valence-electron chi connectivity index (χ0n) is 15.9. The molecule has 1 aliphatic heterocycles. The van der Waals surface area contributed by atoms with Gasteiger partial charge in [0.2, 0.25) is 11.8 Å². The molecule has 138 valence electrons. The van der Waals surface area contributed by atoms with Gasteiger partial charge >= 0.3 is 0 Å². The van der Waals surface area contributed by atoms with E-state index in [-0.39, 0.29) is 29.9 Å². The maximum absolute atomic E-state index is 13.2. The van der Waals surface area contributed by atoms with Gasteiger partial charge in [-0.1, -0.05) is 30.3 Å². The molecule has 0 bridgehead atoms. The first kappa shape index (κ1) is 18.6. The minimum Gasteiger partial charge on any atom is -0.330 e. The summed E-state index contributed by atoms with van der Waals surface area (Å²) in [4.78, 5) is 30.2. The Hall–Kier alpha value is -2.14. The van der Waals surface area contributed by atoms with Crippen LogP contribution in [0.3, 0.4) is 0 Å². The largest absolute Gasteiger partial charge is 0.330 e. The molecule has 0 spiro atoms. The zero-order valence-corrected chi connectivity index (χ0v) is 16.7. The van der Waals surface area contributed by atoms with Crippen LogP contribution in [-0.2, 0) is 16.0 Å². The highest BCUT2D eigenvalue weighted by atomic mass is 32.1. The number of amides is 2. The molecule has 2 amide bonds. The third kappa shape index (κ3) is 3.68. The summed E-state index contributed by atoms with van der Waals surface area (Å²) in [6.45, 7) is 8.21. The third-order valence-electron chi connectivity index (χ3n) is 4.88. The number of nitrogens with zero attached hydrogens (tertiary/aromatic N) is 2. The summed E-state index contributed by atoms with van der Waals surface area (Å²) in [5.41, 5.74) is 1.95. The van der Waals surface area contributed by atoms with Crippen LogP contribution < -0.4 is 0 Å². The van der Waals surface area contributed by atoms with E-state index >= 15 is 0 Å². The van der Waals surface area contributed by atoms with Crippen molar-refractivity contribution in [2.75, 3.05) is 13.1 Å². The topological polar surface area (TPSA) is 40.6 Å². The Morgan fingerprint density at radius 1 is 1.19 bits per heavy atom. The maximum atomic E-state index is 13.2. The first-order valence-corrected chi connectivity index (χ1v) is 9.86. The van der Waals surface area contributed by atoms with Crippen LogP contribution in [0.25, 0.3) is 0 Å². The Morgan fingerprint density at radius 3 is 2.50 bits per heavy atom. The standard InChI is InChI=1S/C21H26N2O2S/c1-15(24)23(21(2,3)4)14-19(25)22-12-10-18-17(11-13-26-18)20(22)16-8-6-5-7-9-16/h5-9,11,13,20H,10,12,14H2,1-4H3/t20-/m1/s1. The van der Waals surface area contributed by atoms with E-state index < -0.39 is 0 Å². The van der Waals surface area contributed by atoms with Crippen molar-refractivity contribution in [3.63, 3.8) is 0 Å². The van der Waals surface area contributed by atoms with Crippen molar-refractivity contribution < 1.29 is 9.59 Å². The number of carbonyl (C=O) groups excluding carboxylic acids is 2. The lowest BCUT2D eigenvalue weighted by atomic mass is 9.93. The van der Waals surface area contributed by atoms with Gasteiger partial charge in [-0.3, -0.25) is 9.59 Å².